The van der Waals surface area contributed by atoms with Gasteiger partial charge in [0, 0.05) is 12.3 Å². The van der Waals surface area contributed by atoms with Gasteiger partial charge in [-0.1, -0.05) is 20.8 Å². The van der Waals surface area contributed by atoms with Gasteiger partial charge in [0.05, 0.1) is 14.2 Å². The summed E-state index contributed by atoms with van der Waals surface area (Å²) in [6.07, 6.45) is 0.137. The van der Waals surface area contributed by atoms with Crippen LogP contribution in [0.25, 0.3) is 0 Å². The fourth-order valence-electron chi connectivity index (χ4n) is 1.99. The molecule has 0 saturated heterocycles. The third-order valence-electron chi connectivity index (χ3n) is 3.14. The summed E-state index contributed by atoms with van der Waals surface area (Å²) in [5, 5.41) is 11.6. The molecule has 2 atom stereocenters. The lowest BCUT2D eigenvalue weighted by molar-refractivity contribution is -0.163. The van der Waals surface area contributed by atoms with Crippen molar-refractivity contribution >= 4 is 23.8 Å². The third kappa shape index (κ3) is 5.71. The average molecular weight is 317 g/mol. The maximum absolute atomic E-state index is 11.8. The highest BCUT2D eigenvalue weighted by Crippen LogP contribution is 2.20. The summed E-state index contributed by atoms with van der Waals surface area (Å²) in [4.78, 5) is 46.6. The van der Waals surface area contributed by atoms with Gasteiger partial charge in [-0.15, -0.1) is 0 Å². The van der Waals surface area contributed by atoms with Crippen LogP contribution in [0, 0.1) is 17.8 Å². The predicted molar refractivity (Wildman–Crippen MR) is 75.7 cm³/mol. The highest BCUT2D eigenvalue weighted by molar-refractivity contribution is 5.96. The Labute approximate surface area is 129 Å². The number of aliphatic carboxylic acids is 1. The molecule has 0 spiro atoms. The smallest absolute Gasteiger partial charge is 0.326 e. The van der Waals surface area contributed by atoms with Gasteiger partial charge in [-0.3, -0.25) is 14.4 Å². The molecule has 0 aromatic rings. The van der Waals surface area contributed by atoms with E-state index in [9.17, 15) is 24.3 Å². The zero-order valence-electron chi connectivity index (χ0n) is 13.4. The van der Waals surface area contributed by atoms with Crippen LogP contribution in [0.2, 0.25) is 0 Å². The van der Waals surface area contributed by atoms with Gasteiger partial charge >= 0.3 is 17.9 Å². The topological polar surface area (TPSA) is 119 Å². The SMILES string of the molecule is COC(=O)C(C(=O)OC)[C@H](C)[C@H](NC(=O)CC(C)C)C(=O)O. The molecular weight excluding hydrogens is 294 g/mol. The van der Waals surface area contributed by atoms with Gasteiger partial charge < -0.3 is 19.9 Å². The maximum atomic E-state index is 11.8. The average Bonchev–Trinajstić information content (AvgIpc) is 2.42. The standard InChI is InChI=1S/C14H23NO7/c1-7(2)6-9(16)15-11(12(17)18)8(3)10(13(19)21-4)14(20)22-5/h7-8,10-11H,6H2,1-5H3,(H,15,16)(H,17,18)/t8-,11-/m0/s1. The maximum Gasteiger partial charge on any atom is 0.326 e. The van der Waals surface area contributed by atoms with Crippen LogP contribution in [-0.2, 0) is 28.7 Å². The lowest BCUT2D eigenvalue weighted by Crippen LogP contribution is -2.50. The minimum absolute atomic E-state index is 0.0433. The van der Waals surface area contributed by atoms with E-state index < -0.39 is 41.7 Å². The summed E-state index contributed by atoms with van der Waals surface area (Å²) in [6.45, 7) is 4.99. The Morgan fingerprint density at radius 3 is 1.77 bits per heavy atom. The zero-order chi connectivity index (χ0) is 17.4. The summed E-state index contributed by atoms with van der Waals surface area (Å²) in [6, 6.07) is -1.41. The molecule has 8 heteroatoms. The molecule has 0 fully saturated rings. The van der Waals surface area contributed by atoms with E-state index in [1.54, 1.807) is 0 Å². The Balaban J connectivity index is 5.28. The number of amides is 1. The van der Waals surface area contributed by atoms with Crippen molar-refractivity contribution in [1.82, 2.24) is 5.32 Å². The van der Waals surface area contributed by atoms with Crippen LogP contribution in [0.4, 0.5) is 0 Å². The molecule has 0 aliphatic heterocycles. The quantitative estimate of drug-likeness (QED) is 0.485. The van der Waals surface area contributed by atoms with Crippen molar-refractivity contribution < 1.29 is 33.8 Å². The molecule has 0 bridgehead atoms. The van der Waals surface area contributed by atoms with Crippen molar-refractivity contribution in [3.63, 3.8) is 0 Å². The van der Waals surface area contributed by atoms with E-state index in [4.69, 9.17) is 0 Å². The van der Waals surface area contributed by atoms with Crippen molar-refractivity contribution in [3.05, 3.63) is 0 Å². The number of rotatable bonds is 8. The lowest BCUT2D eigenvalue weighted by Gasteiger charge is -2.26. The van der Waals surface area contributed by atoms with Gasteiger partial charge in [0.25, 0.3) is 0 Å². The number of carbonyl (C=O) groups is 4. The fraction of sp³-hybridized carbons (Fsp3) is 0.714. The van der Waals surface area contributed by atoms with Crippen molar-refractivity contribution in [2.75, 3.05) is 14.2 Å². The van der Waals surface area contributed by atoms with Crippen molar-refractivity contribution in [2.45, 2.75) is 33.2 Å². The van der Waals surface area contributed by atoms with Crippen LogP contribution in [0.15, 0.2) is 0 Å². The van der Waals surface area contributed by atoms with Crippen molar-refractivity contribution in [2.24, 2.45) is 17.8 Å². The molecule has 0 rings (SSSR count). The highest BCUT2D eigenvalue weighted by atomic mass is 16.5. The molecule has 0 heterocycles. The van der Waals surface area contributed by atoms with Crippen LogP contribution in [0.3, 0.4) is 0 Å². The normalized spacial score (nSPS) is 13.4. The van der Waals surface area contributed by atoms with Gasteiger partial charge in [0.2, 0.25) is 5.91 Å². The number of carboxylic acids is 1. The summed E-state index contributed by atoms with van der Waals surface area (Å²) >= 11 is 0. The van der Waals surface area contributed by atoms with Crippen molar-refractivity contribution in [1.29, 1.82) is 0 Å². The molecule has 0 aromatic heterocycles. The van der Waals surface area contributed by atoms with Gasteiger partial charge in [-0.05, 0) is 5.92 Å². The van der Waals surface area contributed by atoms with E-state index in [1.807, 2.05) is 13.8 Å². The largest absolute Gasteiger partial charge is 0.480 e. The van der Waals surface area contributed by atoms with E-state index in [1.165, 1.54) is 6.92 Å². The summed E-state index contributed by atoms with van der Waals surface area (Å²) in [7, 11) is 2.16. The van der Waals surface area contributed by atoms with Gasteiger partial charge in [-0.2, -0.15) is 0 Å². The Kier molecular flexibility index (Phi) is 8.14. The van der Waals surface area contributed by atoms with Crippen LogP contribution in [0.1, 0.15) is 27.2 Å². The molecular formula is C14H23NO7. The third-order valence-corrected chi connectivity index (χ3v) is 3.14. The molecule has 0 aromatic carbocycles. The summed E-state index contributed by atoms with van der Waals surface area (Å²) in [5.41, 5.74) is 0. The Morgan fingerprint density at radius 1 is 1.00 bits per heavy atom. The molecule has 0 aliphatic rings. The minimum atomic E-state index is -1.43. The number of ether oxygens (including phenoxy) is 2. The van der Waals surface area contributed by atoms with Gasteiger partial charge in [0.1, 0.15) is 6.04 Å². The number of hydrogen-bond acceptors (Lipinski definition) is 6. The van der Waals surface area contributed by atoms with Crippen LogP contribution >= 0.6 is 0 Å². The molecule has 1 amide bonds. The molecule has 0 aliphatic carbocycles. The van der Waals surface area contributed by atoms with Crippen LogP contribution < -0.4 is 5.32 Å². The molecule has 126 valence electrons. The minimum Gasteiger partial charge on any atom is -0.480 e. The molecule has 2 N–H and O–H groups in total. The molecule has 0 radical (unpaired) electrons. The zero-order valence-corrected chi connectivity index (χ0v) is 13.4. The lowest BCUT2D eigenvalue weighted by atomic mass is 9.87. The first-order valence-corrected chi connectivity index (χ1v) is 6.83. The molecule has 22 heavy (non-hydrogen) atoms. The first-order valence-electron chi connectivity index (χ1n) is 6.83. The second-order valence-corrected chi connectivity index (χ2v) is 5.36. The molecule has 0 saturated carbocycles. The number of esters is 2. The fourth-order valence-corrected chi connectivity index (χ4v) is 1.99. The molecule has 0 unspecified atom stereocenters. The second-order valence-electron chi connectivity index (χ2n) is 5.36. The van der Waals surface area contributed by atoms with Crippen LogP contribution in [0.5, 0.6) is 0 Å². The van der Waals surface area contributed by atoms with E-state index in [-0.39, 0.29) is 12.3 Å². The number of methoxy groups -OCH3 is 2. The monoisotopic (exact) mass is 317 g/mol. The number of hydrogen-bond donors (Lipinski definition) is 2. The molecule has 8 nitrogen and oxygen atoms in total. The Morgan fingerprint density at radius 2 is 1.45 bits per heavy atom. The van der Waals surface area contributed by atoms with Crippen LogP contribution in [-0.4, -0.2) is 49.2 Å². The van der Waals surface area contributed by atoms with E-state index >= 15 is 0 Å². The van der Waals surface area contributed by atoms with E-state index in [2.05, 4.69) is 14.8 Å². The number of nitrogens with one attached hydrogen (secondary N) is 1. The first kappa shape index (κ1) is 19.9. The van der Waals surface area contributed by atoms with E-state index in [0.717, 1.165) is 14.2 Å². The first-order chi connectivity index (χ1) is 10.1. The Bertz CT molecular complexity index is 417. The number of carbonyl (C=O) groups excluding carboxylic acids is 3. The number of carboxylic acid groups (broad SMARTS) is 1. The van der Waals surface area contributed by atoms with Gasteiger partial charge in [-0.25, -0.2) is 4.79 Å². The predicted octanol–water partition coefficient (Wildman–Crippen LogP) is 0.200. The highest BCUT2D eigenvalue weighted by Gasteiger charge is 2.41. The van der Waals surface area contributed by atoms with E-state index in [0.29, 0.717) is 0 Å². The van der Waals surface area contributed by atoms with Crippen molar-refractivity contribution in [3.8, 4) is 0 Å². The summed E-state index contributed by atoms with van der Waals surface area (Å²) < 4.78 is 9.02. The van der Waals surface area contributed by atoms with Gasteiger partial charge in [0.15, 0.2) is 5.92 Å². The Hall–Kier alpha value is -2.12. The second kappa shape index (κ2) is 9.01. The summed E-state index contributed by atoms with van der Waals surface area (Å²) in [5.74, 6) is -6.07.